The Morgan fingerprint density at radius 3 is 3.20 bits per heavy atom. The summed E-state index contributed by atoms with van der Waals surface area (Å²) in [6.07, 6.45) is 0.704. The number of carbonyl (C=O) groups is 1. The minimum Gasteiger partial charge on any atom is -0.538 e. The second kappa shape index (κ2) is 3.38. The molecular weight excluding hydrogens is 151 g/mol. The van der Waals surface area contributed by atoms with Crippen molar-refractivity contribution in [1.29, 1.82) is 0 Å². The predicted octanol–water partition coefficient (Wildman–Crippen LogP) is 0.198. The Labute approximate surface area is 62.6 Å². The van der Waals surface area contributed by atoms with E-state index in [2.05, 4.69) is 0 Å². The van der Waals surface area contributed by atoms with Crippen molar-refractivity contribution in [2.75, 3.05) is 0 Å². The molecule has 1 heterocycles. The minimum absolute atomic E-state index is 0.391. The molecule has 0 saturated carbocycles. The molecule has 1 rings (SSSR count). The van der Waals surface area contributed by atoms with Gasteiger partial charge in [-0.15, -0.1) is 11.3 Å². The van der Waals surface area contributed by atoms with Crippen LogP contribution in [0.25, 0.3) is 0 Å². The molecule has 0 aliphatic carbocycles. The van der Waals surface area contributed by atoms with Crippen molar-refractivity contribution in [2.45, 2.75) is 0 Å². The fourth-order valence-corrected chi connectivity index (χ4v) is 1.22. The van der Waals surface area contributed by atoms with Crippen LogP contribution in [0.2, 0.25) is 0 Å². The van der Waals surface area contributed by atoms with Crippen LogP contribution in [-0.4, -0.2) is 19.0 Å². The first-order valence-electron chi connectivity index (χ1n) is 2.65. The van der Waals surface area contributed by atoms with Crippen molar-refractivity contribution in [3.8, 4) is 5.75 Å². The predicted molar refractivity (Wildman–Crippen MR) is 39.7 cm³/mol. The van der Waals surface area contributed by atoms with Crippen LogP contribution in [0.5, 0.6) is 5.75 Å². The van der Waals surface area contributed by atoms with Gasteiger partial charge >= 0.3 is 7.69 Å². The van der Waals surface area contributed by atoms with Crippen molar-refractivity contribution in [3.05, 3.63) is 16.3 Å². The third kappa shape index (κ3) is 1.37. The van der Waals surface area contributed by atoms with Gasteiger partial charge in [0.15, 0.2) is 6.29 Å². The molecule has 0 atom stereocenters. The second-order valence-electron chi connectivity index (χ2n) is 1.54. The third-order valence-corrected chi connectivity index (χ3v) is 1.81. The smallest absolute Gasteiger partial charge is 0.504 e. The molecule has 1 aromatic heterocycles. The van der Waals surface area contributed by atoms with Gasteiger partial charge in [0.05, 0.1) is 0 Å². The van der Waals surface area contributed by atoms with Crippen molar-refractivity contribution in [1.82, 2.24) is 0 Å². The lowest BCUT2D eigenvalue weighted by atomic mass is 10.4. The molecular formula is C5H5BO3S. The van der Waals surface area contributed by atoms with Crippen LogP contribution < -0.4 is 4.65 Å². The summed E-state index contributed by atoms with van der Waals surface area (Å²) in [6, 6.07) is 1.64. The summed E-state index contributed by atoms with van der Waals surface area (Å²) in [5, 5.41) is 10.1. The van der Waals surface area contributed by atoms with E-state index in [0.717, 1.165) is 0 Å². The van der Waals surface area contributed by atoms with Crippen LogP contribution in [-0.2, 0) is 0 Å². The molecule has 0 radical (unpaired) electrons. The van der Waals surface area contributed by atoms with E-state index in [1.165, 1.54) is 11.3 Å². The van der Waals surface area contributed by atoms with Gasteiger partial charge in [0.2, 0.25) is 0 Å². The first-order valence-corrected chi connectivity index (χ1v) is 3.52. The highest BCUT2D eigenvalue weighted by atomic mass is 32.1. The normalized spacial score (nSPS) is 8.90. The summed E-state index contributed by atoms with van der Waals surface area (Å²) in [5.41, 5.74) is 0. The molecule has 0 spiro atoms. The van der Waals surface area contributed by atoms with Crippen LogP contribution in [0.15, 0.2) is 11.4 Å². The first-order chi connectivity index (χ1) is 4.88. The van der Waals surface area contributed by atoms with Gasteiger partial charge in [-0.2, -0.15) is 0 Å². The van der Waals surface area contributed by atoms with E-state index < -0.39 is 7.69 Å². The van der Waals surface area contributed by atoms with Crippen molar-refractivity contribution < 1.29 is 14.5 Å². The highest BCUT2D eigenvalue weighted by molar-refractivity contribution is 7.12. The van der Waals surface area contributed by atoms with Crippen molar-refractivity contribution in [2.24, 2.45) is 0 Å². The Morgan fingerprint density at radius 1 is 1.80 bits per heavy atom. The number of aldehydes is 1. The van der Waals surface area contributed by atoms with Crippen LogP contribution in [0, 0.1) is 0 Å². The van der Waals surface area contributed by atoms with Gasteiger partial charge in [-0.1, -0.05) is 0 Å². The van der Waals surface area contributed by atoms with Crippen molar-refractivity contribution >= 4 is 25.3 Å². The largest absolute Gasteiger partial charge is 0.538 e. The Hall–Kier alpha value is -0.805. The first kappa shape index (κ1) is 7.30. The number of rotatable bonds is 3. The van der Waals surface area contributed by atoms with Gasteiger partial charge in [-0.3, -0.25) is 4.79 Å². The van der Waals surface area contributed by atoms with Gasteiger partial charge in [-0.05, 0) is 11.4 Å². The van der Waals surface area contributed by atoms with E-state index in [1.807, 2.05) is 0 Å². The molecule has 0 bridgehead atoms. The standard InChI is InChI=1S/C5H5BO3S/c7-3-5-4(9-6-8)1-2-10-5/h1-3,6,8H. The number of hydrogen-bond donors (Lipinski definition) is 1. The van der Waals surface area contributed by atoms with Gasteiger partial charge in [0.25, 0.3) is 0 Å². The molecule has 1 N–H and O–H groups in total. The topological polar surface area (TPSA) is 46.5 Å². The molecule has 0 unspecified atom stereocenters. The van der Waals surface area contributed by atoms with E-state index in [1.54, 1.807) is 11.4 Å². The van der Waals surface area contributed by atoms with Gasteiger partial charge in [-0.25, -0.2) is 0 Å². The maximum absolute atomic E-state index is 10.2. The summed E-state index contributed by atoms with van der Waals surface area (Å²) in [4.78, 5) is 10.7. The highest BCUT2D eigenvalue weighted by Crippen LogP contribution is 2.21. The molecule has 10 heavy (non-hydrogen) atoms. The second-order valence-corrected chi connectivity index (χ2v) is 2.49. The fraction of sp³-hybridized carbons (Fsp3) is 0. The Balaban J connectivity index is 2.79. The summed E-state index contributed by atoms with van der Waals surface area (Å²) < 4.78 is 4.70. The van der Waals surface area contributed by atoms with E-state index >= 15 is 0 Å². The maximum atomic E-state index is 10.2. The molecule has 0 aromatic carbocycles. The Kier molecular flexibility index (Phi) is 2.47. The summed E-state index contributed by atoms with van der Waals surface area (Å²) >= 11 is 1.29. The van der Waals surface area contributed by atoms with Gasteiger partial charge < -0.3 is 9.68 Å². The Morgan fingerprint density at radius 2 is 2.60 bits per heavy atom. The lowest BCUT2D eigenvalue weighted by Gasteiger charge is -1.96. The van der Waals surface area contributed by atoms with Crippen LogP contribution in [0.3, 0.4) is 0 Å². The SMILES string of the molecule is O=Cc1sccc1OBO. The summed E-state index contributed by atoms with van der Waals surface area (Å²) in [7, 11) is -0.391. The van der Waals surface area contributed by atoms with Gasteiger partial charge in [0, 0.05) is 0 Å². The fourth-order valence-electron chi connectivity index (χ4n) is 0.584. The molecule has 0 aliphatic heterocycles. The molecule has 1 aromatic rings. The summed E-state index contributed by atoms with van der Waals surface area (Å²) in [6.45, 7) is 0. The molecule has 0 saturated heterocycles. The monoisotopic (exact) mass is 156 g/mol. The van der Waals surface area contributed by atoms with Crippen LogP contribution in [0.4, 0.5) is 0 Å². The molecule has 3 nitrogen and oxygen atoms in total. The lowest BCUT2D eigenvalue weighted by molar-refractivity contribution is 0.112. The van der Waals surface area contributed by atoms with Crippen LogP contribution in [0.1, 0.15) is 9.67 Å². The minimum atomic E-state index is -0.391. The zero-order valence-corrected chi connectivity index (χ0v) is 5.93. The lowest BCUT2D eigenvalue weighted by Crippen LogP contribution is -1.99. The average molecular weight is 156 g/mol. The molecule has 52 valence electrons. The number of thiophene rings is 1. The number of carbonyl (C=O) groups excluding carboxylic acids is 1. The zero-order valence-electron chi connectivity index (χ0n) is 5.11. The molecule has 0 fully saturated rings. The summed E-state index contributed by atoms with van der Waals surface area (Å²) in [5.74, 6) is 0.447. The van der Waals surface area contributed by atoms with E-state index in [4.69, 9.17) is 9.68 Å². The quantitative estimate of drug-likeness (QED) is 0.502. The van der Waals surface area contributed by atoms with E-state index in [-0.39, 0.29) is 0 Å². The maximum Gasteiger partial charge on any atom is 0.504 e. The molecule has 0 aliphatic rings. The van der Waals surface area contributed by atoms with E-state index in [0.29, 0.717) is 16.9 Å². The van der Waals surface area contributed by atoms with E-state index in [9.17, 15) is 4.79 Å². The molecule has 5 heteroatoms. The number of hydrogen-bond acceptors (Lipinski definition) is 4. The van der Waals surface area contributed by atoms with Gasteiger partial charge in [0.1, 0.15) is 10.6 Å². The highest BCUT2D eigenvalue weighted by Gasteiger charge is 2.02. The zero-order chi connectivity index (χ0) is 7.40. The average Bonchev–Trinajstić information content (AvgIpc) is 2.36. The third-order valence-electron chi connectivity index (χ3n) is 0.984. The molecule has 0 amide bonds. The van der Waals surface area contributed by atoms with Crippen LogP contribution >= 0.6 is 11.3 Å². The van der Waals surface area contributed by atoms with Crippen molar-refractivity contribution in [3.63, 3.8) is 0 Å². The Bertz CT molecular complexity index is 222.